The topological polar surface area (TPSA) is 66.8 Å². The van der Waals surface area contributed by atoms with Crippen molar-refractivity contribution in [1.82, 2.24) is 0 Å². The van der Waals surface area contributed by atoms with E-state index in [1.807, 2.05) is 0 Å². The molecule has 0 amide bonds. The van der Waals surface area contributed by atoms with Crippen LogP contribution < -0.4 is 0 Å². The molecule has 0 rings (SSSR count). The van der Waals surface area contributed by atoms with E-state index in [0.29, 0.717) is 12.8 Å². The Hall–Kier alpha value is -0.450. The summed E-state index contributed by atoms with van der Waals surface area (Å²) in [5.41, 5.74) is 0. The highest BCUT2D eigenvalue weighted by Crippen LogP contribution is 2.02. The van der Waals surface area contributed by atoms with Gasteiger partial charge in [0, 0.05) is 6.42 Å². The number of hydrogen-bond acceptors (Lipinski definition) is 4. The quantitative estimate of drug-likeness (QED) is 0.394. The fourth-order valence-electron chi connectivity index (χ4n) is 0.876. The minimum atomic E-state index is -0.239. The number of hydrogen-bond donors (Lipinski definition) is 2. The van der Waals surface area contributed by atoms with Gasteiger partial charge in [0.2, 0.25) is 0 Å². The van der Waals surface area contributed by atoms with Crippen molar-refractivity contribution >= 4 is 6.29 Å². The van der Waals surface area contributed by atoms with E-state index in [1.165, 1.54) is 0 Å². The summed E-state index contributed by atoms with van der Waals surface area (Å²) in [7, 11) is 0. The Kier molecular flexibility index (Phi) is 8.32. The monoisotopic (exact) mass is 176 g/mol. The van der Waals surface area contributed by atoms with Crippen LogP contribution in [0.3, 0.4) is 0 Å². The lowest BCUT2D eigenvalue weighted by molar-refractivity contribution is -0.108. The fourth-order valence-corrected chi connectivity index (χ4v) is 0.876. The summed E-state index contributed by atoms with van der Waals surface area (Å²) in [6.45, 7) is 0.148. The Bertz CT molecular complexity index is 105. The average molecular weight is 176 g/mol. The number of aliphatic hydroxyl groups is 2. The van der Waals surface area contributed by atoms with Crippen LogP contribution in [0.5, 0.6) is 0 Å². The summed E-state index contributed by atoms with van der Waals surface area (Å²) in [4.78, 5) is 9.95. The van der Waals surface area contributed by atoms with Gasteiger partial charge in [-0.3, -0.25) is 0 Å². The number of ether oxygens (including phenoxy) is 1. The van der Waals surface area contributed by atoms with Crippen LogP contribution in [0.4, 0.5) is 0 Å². The molecule has 0 radical (unpaired) electrons. The third kappa shape index (κ3) is 6.27. The van der Waals surface area contributed by atoms with Gasteiger partial charge in [-0.15, -0.1) is 0 Å². The number of aliphatic hydroxyl groups excluding tert-OH is 2. The Morgan fingerprint density at radius 2 is 2.17 bits per heavy atom. The number of unbranched alkanes of at least 4 members (excludes halogenated alkanes) is 1. The Labute approximate surface area is 72.2 Å². The fraction of sp³-hybridized carbons (Fsp3) is 0.875. The molecule has 0 fully saturated rings. The molecule has 1 unspecified atom stereocenters. The van der Waals surface area contributed by atoms with Crippen molar-refractivity contribution in [3.05, 3.63) is 0 Å². The number of carbonyl (C=O) groups is 1. The van der Waals surface area contributed by atoms with Crippen molar-refractivity contribution < 1.29 is 19.7 Å². The number of rotatable bonds is 8. The molecular formula is C8H16O4. The van der Waals surface area contributed by atoms with Crippen molar-refractivity contribution in [3.8, 4) is 0 Å². The van der Waals surface area contributed by atoms with Gasteiger partial charge in [0.05, 0.1) is 25.9 Å². The predicted molar refractivity (Wildman–Crippen MR) is 43.8 cm³/mol. The molecule has 4 heteroatoms. The predicted octanol–water partition coefficient (Wildman–Crippen LogP) is -0.275. The third-order valence-electron chi connectivity index (χ3n) is 1.50. The highest BCUT2D eigenvalue weighted by atomic mass is 16.5. The summed E-state index contributed by atoms with van der Waals surface area (Å²) in [6.07, 6.45) is 2.49. The average Bonchev–Trinajstić information content (AvgIpc) is 2.11. The lowest BCUT2D eigenvalue weighted by Gasteiger charge is -2.13. The molecule has 0 aromatic carbocycles. The van der Waals surface area contributed by atoms with E-state index in [1.54, 1.807) is 0 Å². The van der Waals surface area contributed by atoms with Crippen LogP contribution in [-0.4, -0.2) is 42.4 Å². The first-order valence-electron chi connectivity index (χ1n) is 4.12. The summed E-state index contributed by atoms with van der Waals surface area (Å²) in [6, 6.07) is 0. The van der Waals surface area contributed by atoms with E-state index in [2.05, 4.69) is 0 Å². The number of carbonyl (C=O) groups excluding carboxylic acids is 1. The van der Waals surface area contributed by atoms with Crippen LogP contribution >= 0.6 is 0 Å². The summed E-state index contributed by atoms with van der Waals surface area (Å²) >= 11 is 0. The van der Waals surface area contributed by atoms with Crippen molar-refractivity contribution in [2.75, 3.05) is 19.8 Å². The zero-order valence-electron chi connectivity index (χ0n) is 7.11. The van der Waals surface area contributed by atoms with Gasteiger partial charge in [-0.25, -0.2) is 0 Å². The lowest BCUT2D eigenvalue weighted by atomic mass is 10.2. The molecule has 0 aliphatic rings. The Morgan fingerprint density at radius 3 is 2.67 bits per heavy atom. The number of aldehydes is 1. The molecule has 0 spiro atoms. The molecule has 72 valence electrons. The van der Waals surface area contributed by atoms with E-state index < -0.39 is 0 Å². The van der Waals surface area contributed by atoms with E-state index >= 15 is 0 Å². The SMILES string of the molecule is O=CCCCC(CO)OCCO. The molecule has 0 heterocycles. The van der Waals surface area contributed by atoms with Gasteiger partial charge in [0.1, 0.15) is 6.29 Å². The molecule has 2 N–H and O–H groups in total. The lowest BCUT2D eigenvalue weighted by Crippen LogP contribution is -2.19. The first-order valence-corrected chi connectivity index (χ1v) is 4.12. The first kappa shape index (κ1) is 11.6. The highest BCUT2D eigenvalue weighted by Gasteiger charge is 2.05. The van der Waals surface area contributed by atoms with Gasteiger partial charge in [0.25, 0.3) is 0 Å². The summed E-state index contributed by atoms with van der Waals surface area (Å²) < 4.78 is 5.07. The van der Waals surface area contributed by atoms with Crippen molar-refractivity contribution in [3.63, 3.8) is 0 Å². The Balaban J connectivity index is 3.32. The second-order valence-corrected chi connectivity index (χ2v) is 2.50. The van der Waals surface area contributed by atoms with Crippen molar-refractivity contribution in [2.45, 2.75) is 25.4 Å². The van der Waals surface area contributed by atoms with E-state index in [9.17, 15) is 4.79 Å². The van der Waals surface area contributed by atoms with Crippen LogP contribution in [0.25, 0.3) is 0 Å². The molecule has 0 aromatic rings. The maximum atomic E-state index is 9.95. The van der Waals surface area contributed by atoms with Crippen LogP contribution in [0, 0.1) is 0 Å². The van der Waals surface area contributed by atoms with E-state index in [0.717, 1.165) is 12.7 Å². The largest absolute Gasteiger partial charge is 0.394 e. The molecule has 4 nitrogen and oxygen atoms in total. The van der Waals surface area contributed by atoms with Crippen molar-refractivity contribution in [2.24, 2.45) is 0 Å². The van der Waals surface area contributed by atoms with Gasteiger partial charge < -0.3 is 19.7 Å². The van der Waals surface area contributed by atoms with Gasteiger partial charge in [0.15, 0.2) is 0 Å². The molecule has 0 aliphatic heterocycles. The van der Waals surface area contributed by atoms with Crippen LogP contribution in [0.1, 0.15) is 19.3 Å². The highest BCUT2D eigenvalue weighted by molar-refractivity contribution is 5.48. The first-order chi connectivity index (χ1) is 5.85. The maximum absolute atomic E-state index is 9.95. The third-order valence-corrected chi connectivity index (χ3v) is 1.50. The van der Waals surface area contributed by atoms with Crippen LogP contribution in [0.2, 0.25) is 0 Å². The van der Waals surface area contributed by atoms with Gasteiger partial charge in [-0.2, -0.15) is 0 Å². The van der Waals surface area contributed by atoms with Crippen molar-refractivity contribution in [1.29, 1.82) is 0 Å². The molecule has 0 saturated carbocycles. The molecule has 1 atom stereocenters. The van der Waals surface area contributed by atoms with Gasteiger partial charge in [-0.1, -0.05) is 0 Å². The van der Waals surface area contributed by atoms with E-state index in [4.69, 9.17) is 14.9 Å². The zero-order valence-corrected chi connectivity index (χ0v) is 7.11. The second kappa shape index (κ2) is 8.64. The second-order valence-electron chi connectivity index (χ2n) is 2.50. The summed E-state index contributed by atoms with van der Waals surface area (Å²) in [5.74, 6) is 0. The molecule has 0 saturated heterocycles. The molecule has 0 bridgehead atoms. The van der Waals surface area contributed by atoms with Gasteiger partial charge >= 0.3 is 0 Å². The van der Waals surface area contributed by atoms with Crippen LogP contribution in [-0.2, 0) is 9.53 Å². The maximum Gasteiger partial charge on any atom is 0.119 e. The van der Waals surface area contributed by atoms with Gasteiger partial charge in [-0.05, 0) is 12.8 Å². The molecular weight excluding hydrogens is 160 g/mol. The normalized spacial score (nSPS) is 12.8. The minimum Gasteiger partial charge on any atom is -0.394 e. The molecule has 0 aliphatic carbocycles. The molecule has 12 heavy (non-hydrogen) atoms. The van der Waals surface area contributed by atoms with Crippen LogP contribution in [0.15, 0.2) is 0 Å². The Morgan fingerprint density at radius 1 is 1.42 bits per heavy atom. The zero-order chi connectivity index (χ0) is 9.23. The molecule has 0 aromatic heterocycles. The summed E-state index contributed by atoms with van der Waals surface area (Å²) in [5, 5.41) is 17.2. The standard InChI is InChI=1S/C8H16O4/c9-4-2-1-3-8(7-11)12-6-5-10/h4,8,10-11H,1-3,5-7H2. The van der Waals surface area contributed by atoms with E-state index in [-0.39, 0.29) is 25.9 Å². The smallest absolute Gasteiger partial charge is 0.119 e. The minimum absolute atomic E-state index is 0.0375.